The highest BCUT2D eigenvalue weighted by atomic mass is 16.4. The van der Waals surface area contributed by atoms with Crippen molar-refractivity contribution in [3.8, 4) is 0 Å². The Bertz CT molecular complexity index is 522. The third-order valence-electron chi connectivity index (χ3n) is 3.55. The monoisotopic (exact) mass is 275 g/mol. The number of carbonyl (C=O) groups excluding carboxylic acids is 1. The Balaban J connectivity index is 2.61. The van der Waals surface area contributed by atoms with Crippen molar-refractivity contribution in [1.82, 2.24) is 5.32 Å². The Kier molecular flexibility index (Phi) is 5.50. The van der Waals surface area contributed by atoms with Gasteiger partial charge in [-0.1, -0.05) is 31.2 Å². The van der Waals surface area contributed by atoms with Crippen LogP contribution in [0.1, 0.15) is 31.4 Å². The van der Waals surface area contributed by atoms with Gasteiger partial charge in [0.1, 0.15) is 0 Å². The zero-order chi connectivity index (χ0) is 15.2. The topological polar surface area (TPSA) is 66.4 Å². The van der Waals surface area contributed by atoms with Crippen molar-refractivity contribution < 1.29 is 14.7 Å². The molecule has 0 fully saturated rings. The summed E-state index contributed by atoms with van der Waals surface area (Å²) in [5.41, 5.74) is 1.13. The number of amides is 1. The molecular weight excluding hydrogens is 254 g/mol. The van der Waals surface area contributed by atoms with Gasteiger partial charge in [0.05, 0.1) is 5.41 Å². The van der Waals surface area contributed by atoms with Crippen molar-refractivity contribution in [2.24, 2.45) is 5.41 Å². The highest BCUT2D eigenvalue weighted by Gasteiger charge is 2.31. The summed E-state index contributed by atoms with van der Waals surface area (Å²) in [7, 11) is 0. The van der Waals surface area contributed by atoms with Gasteiger partial charge in [-0.15, -0.1) is 0 Å². The third kappa shape index (κ3) is 4.23. The average molecular weight is 275 g/mol. The van der Waals surface area contributed by atoms with Crippen LogP contribution in [-0.2, 0) is 9.59 Å². The van der Waals surface area contributed by atoms with E-state index in [1.54, 1.807) is 19.9 Å². The molecule has 1 amide bonds. The maximum Gasteiger partial charge on any atom is 0.311 e. The van der Waals surface area contributed by atoms with Gasteiger partial charge in [0.25, 0.3) is 0 Å². The molecule has 0 saturated heterocycles. The molecule has 0 bridgehead atoms. The van der Waals surface area contributed by atoms with E-state index in [1.165, 1.54) is 6.08 Å². The number of rotatable bonds is 6. The molecule has 0 spiro atoms. The van der Waals surface area contributed by atoms with E-state index in [9.17, 15) is 9.59 Å². The van der Waals surface area contributed by atoms with Crippen LogP contribution in [0.15, 0.2) is 30.3 Å². The van der Waals surface area contributed by atoms with Crippen LogP contribution < -0.4 is 5.32 Å². The van der Waals surface area contributed by atoms with E-state index in [0.29, 0.717) is 6.42 Å². The molecule has 0 aliphatic rings. The summed E-state index contributed by atoms with van der Waals surface area (Å²) < 4.78 is 0. The van der Waals surface area contributed by atoms with E-state index >= 15 is 0 Å². The molecule has 1 atom stereocenters. The number of aryl methyl sites for hydroxylation is 1. The number of aliphatic carboxylic acids is 1. The summed E-state index contributed by atoms with van der Waals surface area (Å²) in [4.78, 5) is 22.8. The Hall–Kier alpha value is -2.10. The lowest BCUT2D eigenvalue weighted by Gasteiger charge is -2.22. The fourth-order valence-electron chi connectivity index (χ4n) is 1.63. The predicted molar refractivity (Wildman–Crippen MR) is 79.3 cm³/mol. The summed E-state index contributed by atoms with van der Waals surface area (Å²) >= 11 is 0. The Morgan fingerprint density at radius 2 is 2.00 bits per heavy atom. The highest BCUT2D eigenvalue weighted by molar-refractivity contribution is 5.92. The average Bonchev–Trinajstić information content (AvgIpc) is 2.43. The van der Waals surface area contributed by atoms with E-state index in [1.807, 2.05) is 31.2 Å². The molecule has 108 valence electrons. The Morgan fingerprint density at radius 3 is 2.55 bits per heavy atom. The van der Waals surface area contributed by atoms with Crippen molar-refractivity contribution in [3.63, 3.8) is 0 Å². The molecular formula is C16H21NO3. The van der Waals surface area contributed by atoms with Gasteiger partial charge in [-0.25, -0.2) is 0 Å². The standard InChI is InChI=1S/C16H21NO3/c1-4-16(3,15(19)20)11-17-14(18)10-9-13-8-6-5-7-12(13)2/h5-10H,4,11H2,1-3H3,(H,17,18)(H,19,20)/b10-9+. The van der Waals surface area contributed by atoms with Crippen LogP contribution in [0.3, 0.4) is 0 Å². The summed E-state index contributed by atoms with van der Waals surface area (Å²) in [5.74, 6) is -1.18. The number of hydrogen-bond donors (Lipinski definition) is 2. The number of nitrogens with one attached hydrogen (secondary N) is 1. The van der Waals surface area contributed by atoms with Gasteiger partial charge in [-0.3, -0.25) is 9.59 Å². The molecule has 4 heteroatoms. The number of carboxylic acid groups (broad SMARTS) is 1. The van der Waals surface area contributed by atoms with Crippen molar-refractivity contribution in [1.29, 1.82) is 0 Å². The first-order chi connectivity index (χ1) is 9.39. The SMILES string of the molecule is CCC(C)(CNC(=O)/C=C/c1ccccc1C)C(=O)O. The Labute approximate surface area is 119 Å². The van der Waals surface area contributed by atoms with Crippen LogP contribution in [0.4, 0.5) is 0 Å². The first-order valence-corrected chi connectivity index (χ1v) is 6.64. The number of hydrogen-bond acceptors (Lipinski definition) is 2. The molecule has 0 radical (unpaired) electrons. The molecule has 4 nitrogen and oxygen atoms in total. The zero-order valence-electron chi connectivity index (χ0n) is 12.1. The fraction of sp³-hybridized carbons (Fsp3) is 0.375. The van der Waals surface area contributed by atoms with Crippen LogP contribution in [-0.4, -0.2) is 23.5 Å². The number of carbonyl (C=O) groups is 2. The molecule has 1 aromatic rings. The van der Waals surface area contributed by atoms with Crippen LogP contribution in [0.25, 0.3) is 6.08 Å². The minimum absolute atomic E-state index is 0.121. The second-order valence-electron chi connectivity index (χ2n) is 5.13. The van der Waals surface area contributed by atoms with Gasteiger partial charge in [-0.05, 0) is 37.5 Å². The molecule has 1 rings (SSSR count). The normalized spacial score (nSPS) is 13.9. The maximum atomic E-state index is 11.7. The van der Waals surface area contributed by atoms with Gasteiger partial charge in [0, 0.05) is 12.6 Å². The second-order valence-corrected chi connectivity index (χ2v) is 5.13. The number of carboxylic acids is 1. The van der Waals surface area contributed by atoms with E-state index in [-0.39, 0.29) is 12.5 Å². The minimum atomic E-state index is -0.924. The largest absolute Gasteiger partial charge is 0.481 e. The van der Waals surface area contributed by atoms with Crippen LogP contribution in [0.5, 0.6) is 0 Å². The smallest absolute Gasteiger partial charge is 0.311 e. The van der Waals surface area contributed by atoms with E-state index in [4.69, 9.17) is 5.11 Å². The molecule has 1 unspecified atom stereocenters. The molecule has 0 saturated carbocycles. The molecule has 1 aromatic carbocycles. The van der Waals surface area contributed by atoms with Crippen molar-refractivity contribution in [2.45, 2.75) is 27.2 Å². The van der Waals surface area contributed by atoms with Crippen LogP contribution in [0.2, 0.25) is 0 Å². The van der Waals surface area contributed by atoms with Gasteiger partial charge in [-0.2, -0.15) is 0 Å². The van der Waals surface area contributed by atoms with Gasteiger partial charge < -0.3 is 10.4 Å². The van der Waals surface area contributed by atoms with E-state index < -0.39 is 11.4 Å². The molecule has 2 N–H and O–H groups in total. The van der Waals surface area contributed by atoms with E-state index in [0.717, 1.165) is 11.1 Å². The second kappa shape index (κ2) is 6.89. The van der Waals surface area contributed by atoms with E-state index in [2.05, 4.69) is 5.32 Å². The lowest BCUT2D eigenvalue weighted by atomic mass is 9.88. The Morgan fingerprint density at radius 1 is 1.35 bits per heavy atom. The zero-order valence-corrected chi connectivity index (χ0v) is 12.1. The fourth-order valence-corrected chi connectivity index (χ4v) is 1.63. The maximum absolute atomic E-state index is 11.7. The summed E-state index contributed by atoms with van der Waals surface area (Å²) in [5, 5.41) is 11.8. The van der Waals surface area contributed by atoms with Crippen molar-refractivity contribution in [3.05, 3.63) is 41.5 Å². The quantitative estimate of drug-likeness (QED) is 0.784. The lowest BCUT2D eigenvalue weighted by Crippen LogP contribution is -2.40. The van der Waals surface area contributed by atoms with Gasteiger partial charge >= 0.3 is 5.97 Å². The molecule has 0 heterocycles. The molecule has 0 aliphatic carbocycles. The van der Waals surface area contributed by atoms with Gasteiger partial charge in [0.2, 0.25) is 5.91 Å². The highest BCUT2D eigenvalue weighted by Crippen LogP contribution is 2.19. The third-order valence-corrected chi connectivity index (χ3v) is 3.55. The van der Waals surface area contributed by atoms with Gasteiger partial charge in [0.15, 0.2) is 0 Å². The first kappa shape index (κ1) is 16.0. The first-order valence-electron chi connectivity index (χ1n) is 6.64. The minimum Gasteiger partial charge on any atom is -0.481 e. The summed E-state index contributed by atoms with van der Waals surface area (Å²) in [6, 6.07) is 7.73. The molecule has 0 aromatic heterocycles. The summed E-state index contributed by atoms with van der Waals surface area (Å²) in [6.07, 6.45) is 3.62. The molecule has 0 aliphatic heterocycles. The van der Waals surface area contributed by atoms with Crippen LogP contribution >= 0.6 is 0 Å². The molecule has 20 heavy (non-hydrogen) atoms. The van der Waals surface area contributed by atoms with Crippen LogP contribution in [0, 0.1) is 12.3 Å². The number of benzene rings is 1. The predicted octanol–water partition coefficient (Wildman–Crippen LogP) is 2.63. The van der Waals surface area contributed by atoms with Crippen molar-refractivity contribution >= 4 is 18.0 Å². The van der Waals surface area contributed by atoms with Crippen molar-refractivity contribution in [2.75, 3.05) is 6.54 Å². The lowest BCUT2D eigenvalue weighted by molar-refractivity contribution is -0.148. The summed E-state index contributed by atoms with van der Waals surface area (Å²) in [6.45, 7) is 5.51.